The molecule has 15 heavy (non-hydrogen) atoms. The smallest absolute Gasteiger partial charge is 0.0220 e. The summed E-state index contributed by atoms with van der Waals surface area (Å²) in [6.45, 7) is 3.16. The minimum atomic E-state index is 0.608. The fourth-order valence-electron chi connectivity index (χ4n) is 1.48. The van der Waals surface area contributed by atoms with Crippen LogP contribution in [0.3, 0.4) is 0 Å². The van der Waals surface area contributed by atoms with Crippen LogP contribution >= 0.6 is 31.9 Å². The summed E-state index contributed by atoms with van der Waals surface area (Å²) in [6, 6.07) is 8.97. The minimum Gasteiger partial charge on any atom is -0.310 e. The second-order valence-electron chi connectivity index (χ2n) is 3.56. The number of halogens is 2. The molecule has 1 nitrogen and oxygen atoms in total. The minimum absolute atomic E-state index is 0.608. The molecule has 0 spiro atoms. The fraction of sp³-hybridized carbons (Fsp3) is 0.500. The van der Waals surface area contributed by atoms with E-state index >= 15 is 0 Å². The molecule has 1 aromatic rings. The Morgan fingerprint density at radius 3 is 2.67 bits per heavy atom. The van der Waals surface area contributed by atoms with Crippen LogP contribution in [0.1, 0.15) is 25.3 Å². The number of rotatable bonds is 6. The zero-order chi connectivity index (χ0) is 11.1. The molecule has 0 heterocycles. The van der Waals surface area contributed by atoms with E-state index < -0.39 is 0 Å². The Kier molecular flexibility index (Phi) is 6.53. The van der Waals surface area contributed by atoms with Gasteiger partial charge in [0.25, 0.3) is 0 Å². The van der Waals surface area contributed by atoms with Crippen LogP contribution in [0, 0.1) is 0 Å². The summed E-state index contributed by atoms with van der Waals surface area (Å²) >= 11 is 7.04. The number of alkyl halides is 1. The fourth-order valence-corrected chi connectivity index (χ4v) is 2.46. The largest absolute Gasteiger partial charge is 0.310 e. The Hall–Kier alpha value is 0.140. The molecule has 1 N–H and O–H groups in total. The van der Waals surface area contributed by atoms with Crippen molar-refractivity contribution >= 4 is 31.9 Å². The van der Waals surface area contributed by atoms with Crippen LogP contribution in [0.15, 0.2) is 28.7 Å². The molecule has 1 aromatic carbocycles. The Morgan fingerprint density at radius 1 is 1.33 bits per heavy atom. The van der Waals surface area contributed by atoms with Gasteiger partial charge in [0.1, 0.15) is 0 Å². The van der Waals surface area contributed by atoms with E-state index in [1.165, 1.54) is 22.9 Å². The summed E-state index contributed by atoms with van der Waals surface area (Å²) in [6.07, 6.45) is 2.36. The van der Waals surface area contributed by atoms with Crippen LogP contribution in [0.2, 0.25) is 0 Å². The van der Waals surface area contributed by atoms with Gasteiger partial charge >= 0.3 is 0 Å². The first kappa shape index (κ1) is 13.2. The SMILES string of the molecule is CCC(CCBr)NCc1ccccc1Br. The van der Waals surface area contributed by atoms with E-state index in [1.54, 1.807) is 0 Å². The molecule has 1 atom stereocenters. The summed E-state index contributed by atoms with van der Waals surface area (Å²) in [4.78, 5) is 0. The molecule has 1 unspecified atom stereocenters. The third kappa shape index (κ3) is 4.66. The van der Waals surface area contributed by atoms with Gasteiger partial charge in [0.15, 0.2) is 0 Å². The summed E-state index contributed by atoms with van der Waals surface area (Å²) in [5.74, 6) is 0. The van der Waals surface area contributed by atoms with E-state index in [2.05, 4.69) is 62.3 Å². The van der Waals surface area contributed by atoms with Crippen molar-refractivity contribution in [2.75, 3.05) is 5.33 Å². The second kappa shape index (κ2) is 7.42. The predicted octanol–water partition coefficient (Wildman–Crippen LogP) is 4.10. The molecule has 0 saturated carbocycles. The molecule has 84 valence electrons. The van der Waals surface area contributed by atoms with Crippen molar-refractivity contribution in [3.8, 4) is 0 Å². The van der Waals surface area contributed by atoms with Crippen LogP contribution in [-0.2, 0) is 6.54 Å². The summed E-state index contributed by atoms with van der Waals surface area (Å²) in [7, 11) is 0. The lowest BCUT2D eigenvalue weighted by atomic mass is 10.1. The molecular formula is C12H17Br2N. The van der Waals surface area contributed by atoms with Gasteiger partial charge in [0, 0.05) is 22.4 Å². The van der Waals surface area contributed by atoms with Crippen molar-refractivity contribution < 1.29 is 0 Å². The maximum Gasteiger partial charge on any atom is 0.0220 e. The van der Waals surface area contributed by atoms with Gasteiger partial charge in [-0.2, -0.15) is 0 Å². The van der Waals surface area contributed by atoms with Gasteiger partial charge in [0.05, 0.1) is 0 Å². The maximum absolute atomic E-state index is 3.57. The normalized spacial score (nSPS) is 12.7. The third-order valence-corrected chi connectivity index (χ3v) is 3.72. The molecule has 0 bridgehead atoms. The van der Waals surface area contributed by atoms with Gasteiger partial charge in [-0.05, 0) is 24.5 Å². The van der Waals surface area contributed by atoms with Gasteiger partial charge in [0.2, 0.25) is 0 Å². The van der Waals surface area contributed by atoms with E-state index in [9.17, 15) is 0 Å². The Bertz CT molecular complexity index is 289. The van der Waals surface area contributed by atoms with Crippen molar-refractivity contribution in [3.05, 3.63) is 34.3 Å². The van der Waals surface area contributed by atoms with E-state index in [0.29, 0.717) is 6.04 Å². The molecule has 0 aliphatic heterocycles. The molecule has 0 fully saturated rings. The monoisotopic (exact) mass is 333 g/mol. The zero-order valence-electron chi connectivity index (χ0n) is 8.97. The lowest BCUT2D eigenvalue weighted by Crippen LogP contribution is -2.28. The van der Waals surface area contributed by atoms with Gasteiger partial charge < -0.3 is 5.32 Å². The Labute approximate surface area is 109 Å². The first-order valence-electron chi connectivity index (χ1n) is 5.30. The zero-order valence-corrected chi connectivity index (χ0v) is 12.1. The van der Waals surface area contributed by atoms with Gasteiger partial charge in [-0.15, -0.1) is 0 Å². The van der Waals surface area contributed by atoms with E-state index in [4.69, 9.17) is 0 Å². The third-order valence-electron chi connectivity index (χ3n) is 2.49. The first-order chi connectivity index (χ1) is 7.27. The molecular weight excluding hydrogens is 318 g/mol. The van der Waals surface area contributed by atoms with Crippen molar-refractivity contribution in [2.24, 2.45) is 0 Å². The first-order valence-corrected chi connectivity index (χ1v) is 7.22. The van der Waals surface area contributed by atoms with E-state index in [-0.39, 0.29) is 0 Å². The number of hydrogen-bond donors (Lipinski definition) is 1. The number of hydrogen-bond acceptors (Lipinski definition) is 1. The highest BCUT2D eigenvalue weighted by molar-refractivity contribution is 9.10. The highest BCUT2D eigenvalue weighted by Crippen LogP contribution is 2.16. The predicted molar refractivity (Wildman–Crippen MR) is 73.5 cm³/mol. The van der Waals surface area contributed by atoms with Crippen molar-refractivity contribution in [2.45, 2.75) is 32.4 Å². The van der Waals surface area contributed by atoms with E-state index in [0.717, 1.165) is 11.9 Å². The van der Waals surface area contributed by atoms with Crippen LogP contribution in [-0.4, -0.2) is 11.4 Å². The topological polar surface area (TPSA) is 12.0 Å². The Balaban J connectivity index is 2.45. The van der Waals surface area contributed by atoms with E-state index in [1.807, 2.05) is 6.07 Å². The maximum atomic E-state index is 3.57. The van der Waals surface area contributed by atoms with Gasteiger partial charge in [-0.25, -0.2) is 0 Å². The molecule has 0 aromatic heterocycles. The quantitative estimate of drug-likeness (QED) is 0.772. The average Bonchev–Trinajstić information content (AvgIpc) is 2.26. The highest BCUT2D eigenvalue weighted by Gasteiger charge is 2.05. The van der Waals surface area contributed by atoms with Crippen LogP contribution in [0.25, 0.3) is 0 Å². The lowest BCUT2D eigenvalue weighted by Gasteiger charge is -2.16. The van der Waals surface area contributed by atoms with Crippen LogP contribution < -0.4 is 5.32 Å². The standard InChI is InChI=1S/C12H17Br2N/c1-2-11(7-8-13)15-9-10-5-3-4-6-12(10)14/h3-6,11,15H,2,7-9H2,1H3. The summed E-state index contributed by atoms with van der Waals surface area (Å²) in [5, 5.41) is 4.63. The van der Waals surface area contributed by atoms with Crippen LogP contribution in [0.4, 0.5) is 0 Å². The van der Waals surface area contributed by atoms with Crippen molar-refractivity contribution in [1.29, 1.82) is 0 Å². The lowest BCUT2D eigenvalue weighted by molar-refractivity contribution is 0.487. The molecule has 0 saturated heterocycles. The molecule has 0 aliphatic rings. The summed E-state index contributed by atoms with van der Waals surface area (Å²) < 4.78 is 1.19. The number of benzene rings is 1. The molecule has 0 amide bonds. The molecule has 3 heteroatoms. The highest BCUT2D eigenvalue weighted by atomic mass is 79.9. The van der Waals surface area contributed by atoms with Crippen molar-refractivity contribution in [1.82, 2.24) is 5.32 Å². The number of nitrogens with one attached hydrogen (secondary N) is 1. The van der Waals surface area contributed by atoms with Gasteiger partial charge in [-0.3, -0.25) is 0 Å². The summed E-state index contributed by atoms with van der Waals surface area (Å²) in [5.41, 5.74) is 1.32. The molecule has 0 radical (unpaired) electrons. The molecule has 0 aliphatic carbocycles. The molecule has 1 rings (SSSR count). The van der Waals surface area contributed by atoms with Crippen molar-refractivity contribution in [3.63, 3.8) is 0 Å². The van der Waals surface area contributed by atoms with Gasteiger partial charge in [-0.1, -0.05) is 57.0 Å². The average molecular weight is 335 g/mol. The second-order valence-corrected chi connectivity index (χ2v) is 5.20. The Morgan fingerprint density at radius 2 is 2.07 bits per heavy atom. The van der Waals surface area contributed by atoms with Crippen LogP contribution in [0.5, 0.6) is 0 Å².